The number of rotatable bonds is 8. The number of carbonyl (C=O) groups is 1. The van der Waals surface area contributed by atoms with E-state index in [9.17, 15) is 4.79 Å². The fraction of sp³-hybridized carbons (Fsp3) is 0.318. The first-order chi connectivity index (χ1) is 14.5. The van der Waals surface area contributed by atoms with Crippen molar-refractivity contribution in [1.29, 1.82) is 0 Å². The van der Waals surface area contributed by atoms with Gasteiger partial charge in [-0.3, -0.25) is 9.79 Å². The van der Waals surface area contributed by atoms with Crippen LogP contribution >= 0.6 is 35.3 Å². The van der Waals surface area contributed by atoms with Crippen LogP contribution in [0.4, 0.5) is 0 Å². The van der Waals surface area contributed by atoms with Crippen molar-refractivity contribution in [2.45, 2.75) is 33.4 Å². The molecule has 3 N–H and O–H groups in total. The third-order valence-corrected chi connectivity index (χ3v) is 5.71. The maximum atomic E-state index is 12.4. The third-order valence-electron chi connectivity index (χ3n) is 4.58. The monoisotopic (exact) mass is 553 g/mol. The molecule has 166 valence electrons. The number of hydrogen-bond acceptors (Lipinski definition) is 5. The molecule has 2 heterocycles. The van der Waals surface area contributed by atoms with Crippen molar-refractivity contribution in [2.75, 3.05) is 13.6 Å². The SMILES string of the molecule is CN=C(NCCc1nc(C)c(C)s1)NCc1cccc(C(=O)NCc2ccco2)c1.I. The van der Waals surface area contributed by atoms with Crippen molar-refractivity contribution in [3.8, 4) is 0 Å². The molecular weight excluding hydrogens is 525 g/mol. The number of aliphatic imine (C=N–C) groups is 1. The lowest BCUT2D eigenvalue weighted by Gasteiger charge is -2.12. The lowest BCUT2D eigenvalue weighted by molar-refractivity contribution is 0.0948. The number of aromatic nitrogens is 1. The van der Waals surface area contributed by atoms with Gasteiger partial charge in [0.2, 0.25) is 0 Å². The first-order valence-corrected chi connectivity index (χ1v) is 10.6. The molecular formula is C22H28IN5O2S. The van der Waals surface area contributed by atoms with Crippen LogP contribution in [-0.2, 0) is 19.5 Å². The Labute approximate surface area is 203 Å². The van der Waals surface area contributed by atoms with Gasteiger partial charge in [-0.2, -0.15) is 0 Å². The number of hydrogen-bond donors (Lipinski definition) is 3. The molecule has 31 heavy (non-hydrogen) atoms. The lowest BCUT2D eigenvalue weighted by Crippen LogP contribution is -2.37. The van der Waals surface area contributed by atoms with Gasteiger partial charge in [-0.05, 0) is 43.7 Å². The number of aryl methyl sites for hydroxylation is 2. The zero-order chi connectivity index (χ0) is 21.3. The smallest absolute Gasteiger partial charge is 0.251 e. The van der Waals surface area contributed by atoms with Crippen molar-refractivity contribution in [2.24, 2.45) is 4.99 Å². The van der Waals surface area contributed by atoms with E-state index >= 15 is 0 Å². The maximum absolute atomic E-state index is 12.4. The van der Waals surface area contributed by atoms with Crippen LogP contribution in [0.3, 0.4) is 0 Å². The summed E-state index contributed by atoms with van der Waals surface area (Å²) in [5, 5.41) is 10.6. The number of furan rings is 1. The first kappa shape index (κ1) is 24.9. The summed E-state index contributed by atoms with van der Waals surface area (Å²) in [6.45, 7) is 5.81. The van der Waals surface area contributed by atoms with Crippen molar-refractivity contribution in [1.82, 2.24) is 20.9 Å². The Morgan fingerprint density at radius 3 is 2.65 bits per heavy atom. The molecule has 9 heteroatoms. The summed E-state index contributed by atoms with van der Waals surface area (Å²) in [7, 11) is 1.74. The van der Waals surface area contributed by atoms with Crippen molar-refractivity contribution in [3.05, 3.63) is 75.1 Å². The average molecular weight is 553 g/mol. The van der Waals surface area contributed by atoms with E-state index < -0.39 is 0 Å². The van der Waals surface area contributed by atoms with E-state index in [4.69, 9.17) is 4.42 Å². The molecule has 0 aliphatic heterocycles. The Bertz CT molecular complexity index is 982. The summed E-state index contributed by atoms with van der Waals surface area (Å²) in [5.41, 5.74) is 2.71. The maximum Gasteiger partial charge on any atom is 0.251 e. The second-order valence-corrected chi connectivity index (χ2v) is 8.10. The number of benzene rings is 1. The largest absolute Gasteiger partial charge is 0.467 e. The zero-order valence-electron chi connectivity index (χ0n) is 17.9. The number of carbonyl (C=O) groups excluding carboxylic acids is 1. The summed E-state index contributed by atoms with van der Waals surface area (Å²) in [6.07, 6.45) is 2.44. The van der Waals surface area contributed by atoms with Crippen LogP contribution < -0.4 is 16.0 Å². The molecule has 0 saturated carbocycles. The quantitative estimate of drug-likeness (QED) is 0.224. The van der Waals surface area contributed by atoms with Gasteiger partial charge in [-0.1, -0.05) is 12.1 Å². The van der Waals surface area contributed by atoms with Crippen LogP contribution in [0.2, 0.25) is 0 Å². The lowest BCUT2D eigenvalue weighted by atomic mass is 10.1. The fourth-order valence-electron chi connectivity index (χ4n) is 2.85. The highest BCUT2D eigenvalue weighted by atomic mass is 127. The Kier molecular flexibility index (Phi) is 9.99. The second-order valence-electron chi connectivity index (χ2n) is 6.81. The van der Waals surface area contributed by atoms with Gasteiger partial charge in [0.25, 0.3) is 5.91 Å². The first-order valence-electron chi connectivity index (χ1n) is 9.82. The third kappa shape index (κ3) is 7.66. The van der Waals surface area contributed by atoms with Crippen LogP contribution in [0, 0.1) is 13.8 Å². The Morgan fingerprint density at radius 1 is 1.13 bits per heavy atom. The molecule has 0 bridgehead atoms. The highest BCUT2D eigenvalue weighted by Gasteiger charge is 2.08. The molecule has 0 aliphatic rings. The van der Waals surface area contributed by atoms with Crippen LogP contribution in [0.1, 0.15) is 37.3 Å². The molecule has 7 nitrogen and oxygen atoms in total. The van der Waals surface area contributed by atoms with E-state index in [0.29, 0.717) is 24.6 Å². The Balaban J connectivity index is 0.00000341. The van der Waals surface area contributed by atoms with Gasteiger partial charge in [0, 0.05) is 37.0 Å². The van der Waals surface area contributed by atoms with Crippen molar-refractivity contribution < 1.29 is 9.21 Å². The summed E-state index contributed by atoms with van der Waals surface area (Å²) < 4.78 is 5.24. The number of nitrogens with zero attached hydrogens (tertiary/aromatic N) is 2. The number of guanidine groups is 1. The summed E-state index contributed by atoms with van der Waals surface area (Å²) in [5.74, 6) is 1.30. The minimum atomic E-state index is -0.134. The molecule has 0 radical (unpaired) electrons. The van der Waals surface area contributed by atoms with Crippen LogP contribution in [0.15, 0.2) is 52.1 Å². The minimum absolute atomic E-state index is 0. The molecule has 0 atom stereocenters. The summed E-state index contributed by atoms with van der Waals surface area (Å²) in [4.78, 5) is 22.5. The molecule has 1 amide bonds. The van der Waals surface area contributed by atoms with Gasteiger partial charge in [0.05, 0.1) is 23.5 Å². The van der Waals surface area contributed by atoms with Crippen LogP contribution in [-0.4, -0.2) is 30.4 Å². The van der Waals surface area contributed by atoms with Gasteiger partial charge in [0.15, 0.2) is 5.96 Å². The predicted octanol–water partition coefficient (Wildman–Crippen LogP) is 3.81. The summed E-state index contributed by atoms with van der Waals surface area (Å²) >= 11 is 1.74. The number of thiazole rings is 1. The van der Waals surface area contributed by atoms with E-state index in [1.54, 1.807) is 36.8 Å². The molecule has 0 unspecified atom stereocenters. The highest BCUT2D eigenvalue weighted by Crippen LogP contribution is 2.16. The van der Waals surface area contributed by atoms with Gasteiger partial charge >= 0.3 is 0 Å². The van der Waals surface area contributed by atoms with E-state index in [0.717, 1.165) is 35.0 Å². The Morgan fingerprint density at radius 2 is 1.97 bits per heavy atom. The van der Waals surface area contributed by atoms with Crippen molar-refractivity contribution >= 4 is 47.2 Å². The Hall–Kier alpha value is -2.40. The van der Waals surface area contributed by atoms with E-state index in [1.807, 2.05) is 31.2 Å². The topological polar surface area (TPSA) is 91.5 Å². The standard InChI is InChI=1S/C22H27N5O2S.HI/c1-15-16(2)30-20(27-15)9-10-24-22(23-3)26-13-17-6-4-7-18(12-17)21(28)25-14-19-8-5-11-29-19;/h4-8,11-12H,9-10,13-14H2,1-3H3,(H,25,28)(H2,23,24,26);1H. The average Bonchev–Trinajstić information content (AvgIpc) is 3.38. The predicted molar refractivity (Wildman–Crippen MR) is 135 cm³/mol. The molecule has 0 fully saturated rings. The van der Waals surface area contributed by atoms with Gasteiger partial charge in [-0.15, -0.1) is 35.3 Å². The second kappa shape index (κ2) is 12.5. The van der Waals surface area contributed by atoms with E-state index in [-0.39, 0.29) is 29.9 Å². The normalized spacial score (nSPS) is 11.0. The molecule has 0 saturated heterocycles. The van der Waals surface area contributed by atoms with Crippen LogP contribution in [0.25, 0.3) is 0 Å². The molecule has 1 aromatic carbocycles. The van der Waals surface area contributed by atoms with Gasteiger partial charge in [0.1, 0.15) is 5.76 Å². The van der Waals surface area contributed by atoms with Gasteiger partial charge < -0.3 is 20.4 Å². The van der Waals surface area contributed by atoms with Gasteiger partial charge in [-0.25, -0.2) is 4.98 Å². The molecule has 0 spiro atoms. The summed E-state index contributed by atoms with van der Waals surface area (Å²) in [6, 6.07) is 11.2. The highest BCUT2D eigenvalue weighted by molar-refractivity contribution is 14.0. The molecule has 3 aromatic rings. The molecule has 3 rings (SSSR count). The number of halogens is 1. The molecule has 2 aromatic heterocycles. The zero-order valence-corrected chi connectivity index (χ0v) is 21.0. The molecule has 0 aliphatic carbocycles. The minimum Gasteiger partial charge on any atom is -0.467 e. The fourth-order valence-corrected chi connectivity index (χ4v) is 3.78. The number of nitrogens with one attached hydrogen (secondary N) is 3. The van der Waals surface area contributed by atoms with Crippen LogP contribution in [0.5, 0.6) is 0 Å². The van der Waals surface area contributed by atoms with Crippen molar-refractivity contribution in [3.63, 3.8) is 0 Å². The number of amides is 1. The van der Waals surface area contributed by atoms with E-state index in [1.165, 1.54) is 4.88 Å². The van der Waals surface area contributed by atoms with E-state index in [2.05, 4.69) is 32.9 Å².